The zero-order valence-corrected chi connectivity index (χ0v) is 14.6. The number of carbonyl (C=O) groups excluding carboxylic acids is 1. The number of carbonyl (C=O) groups is 1. The molecule has 4 rings (SSSR count). The number of halogens is 2. The standard InChI is InChI=1S/C22H16F2N2O/c1-26(13-15-8-9-16(23)12-20(15)24)22(27)19-11-14-5-2-3-6-17(14)18-7-4-10-25-21(18)19/h2-12H,13H2,1H3. The molecule has 1 aromatic heterocycles. The minimum atomic E-state index is -0.670. The largest absolute Gasteiger partial charge is 0.337 e. The highest BCUT2D eigenvalue weighted by Crippen LogP contribution is 2.28. The second-order valence-electron chi connectivity index (χ2n) is 6.44. The summed E-state index contributed by atoms with van der Waals surface area (Å²) in [6, 6.07) is 16.7. The number of fused-ring (bicyclic) bond motifs is 3. The maximum absolute atomic E-state index is 13.9. The topological polar surface area (TPSA) is 33.2 Å². The molecular formula is C22H16F2N2O. The summed E-state index contributed by atoms with van der Waals surface area (Å²) in [6.07, 6.45) is 1.65. The minimum Gasteiger partial charge on any atom is -0.337 e. The molecule has 3 aromatic carbocycles. The normalized spacial score (nSPS) is 11.1. The van der Waals surface area contributed by atoms with Gasteiger partial charge in [-0.25, -0.2) is 8.78 Å². The lowest BCUT2D eigenvalue weighted by atomic mass is 10.00. The van der Waals surface area contributed by atoms with Gasteiger partial charge < -0.3 is 4.90 Å². The average Bonchev–Trinajstić information content (AvgIpc) is 2.69. The van der Waals surface area contributed by atoms with Crippen molar-refractivity contribution in [3.05, 3.63) is 89.6 Å². The molecule has 0 atom stereocenters. The number of pyridine rings is 1. The Morgan fingerprint density at radius 2 is 1.78 bits per heavy atom. The summed E-state index contributed by atoms with van der Waals surface area (Å²) in [6.45, 7) is 0.0338. The first kappa shape index (κ1) is 17.1. The monoisotopic (exact) mass is 362 g/mol. The number of aromatic nitrogens is 1. The fourth-order valence-corrected chi connectivity index (χ4v) is 3.28. The van der Waals surface area contributed by atoms with Gasteiger partial charge in [0.15, 0.2) is 0 Å². The van der Waals surface area contributed by atoms with Crippen LogP contribution in [0.4, 0.5) is 8.78 Å². The van der Waals surface area contributed by atoms with Crippen molar-refractivity contribution in [2.45, 2.75) is 6.54 Å². The summed E-state index contributed by atoms with van der Waals surface area (Å²) in [5, 5.41) is 2.84. The Labute approximate surface area is 154 Å². The number of hydrogen-bond donors (Lipinski definition) is 0. The van der Waals surface area contributed by atoms with E-state index in [1.54, 1.807) is 13.2 Å². The summed E-state index contributed by atoms with van der Waals surface area (Å²) in [5.74, 6) is -1.58. The fraction of sp³-hybridized carbons (Fsp3) is 0.0909. The second kappa shape index (κ2) is 6.76. The van der Waals surface area contributed by atoms with Crippen LogP contribution in [0.2, 0.25) is 0 Å². The fourth-order valence-electron chi connectivity index (χ4n) is 3.28. The van der Waals surface area contributed by atoms with Gasteiger partial charge >= 0.3 is 0 Å². The van der Waals surface area contributed by atoms with E-state index in [-0.39, 0.29) is 18.0 Å². The van der Waals surface area contributed by atoms with Crippen LogP contribution in [-0.4, -0.2) is 22.8 Å². The van der Waals surface area contributed by atoms with E-state index in [0.717, 1.165) is 22.2 Å². The summed E-state index contributed by atoms with van der Waals surface area (Å²) >= 11 is 0. The summed E-state index contributed by atoms with van der Waals surface area (Å²) in [7, 11) is 1.59. The van der Waals surface area contributed by atoms with Crippen molar-refractivity contribution < 1.29 is 13.6 Å². The van der Waals surface area contributed by atoms with Gasteiger partial charge in [-0.05, 0) is 29.0 Å². The van der Waals surface area contributed by atoms with Crippen LogP contribution in [0.3, 0.4) is 0 Å². The van der Waals surface area contributed by atoms with E-state index in [2.05, 4.69) is 4.98 Å². The van der Waals surface area contributed by atoms with E-state index in [1.165, 1.54) is 17.0 Å². The number of rotatable bonds is 3. The van der Waals surface area contributed by atoms with Crippen LogP contribution < -0.4 is 0 Å². The Morgan fingerprint density at radius 3 is 2.59 bits per heavy atom. The second-order valence-corrected chi connectivity index (χ2v) is 6.44. The van der Waals surface area contributed by atoms with Crippen molar-refractivity contribution in [2.24, 2.45) is 0 Å². The van der Waals surface area contributed by atoms with E-state index in [1.807, 2.05) is 42.5 Å². The molecule has 0 saturated heterocycles. The predicted molar refractivity (Wildman–Crippen MR) is 101 cm³/mol. The third-order valence-electron chi connectivity index (χ3n) is 4.61. The quantitative estimate of drug-likeness (QED) is 0.484. The molecule has 1 heterocycles. The Kier molecular flexibility index (Phi) is 4.28. The number of benzene rings is 3. The minimum absolute atomic E-state index is 0.0338. The van der Waals surface area contributed by atoms with Gasteiger partial charge in [0, 0.05) is 36.8 Å². The molecule has 0 fully saturated rings. The van der Waals surface area contributed by atoms with Gasteiger partial charge in [0.2, 0.25) is 0 Å². The molecule has 27 heavy (non-hydrogen) atoms. The van der Waals surface area contributed by atoms with Crippen LogP contribution >= 0.6 is 0 Å². The molecule has 0 spiro atoms. The lowest BCUT2D eigenvalue weighted by molar-refractivity contribution is 0.0785. The van der Waals surface area contributed by atoms with E-state index >= 15 is 0 Å². The molecule has 1 amide bonds. The Balaban J connectivity index is 1.77. The SMILES string of the molecule is CN(Cc1ccc(F)cc1F)C(=O)c1cc2ccccc2c2cccnc12. The van der Waals surface area contributed by atoms with E-state index in [9.17, 15) is 13.6 Å². The van der Waals surface area contributed by atoms with Crippen molar-refractivity contribution in [2.75, 3.05) is 7.05 Å². The highest BCUT2D eigenvalue weighted by molar-refractivity contribution is 6.15. The van der Waals surface area contributed by atoms with E-state index < -0.39 is 11.6 Å². The first-order chi connectivity index (χ1) is 13.0. The van der Waals surface area contributed by atoms with Crippen molar-refractivity contribution >= 4 is 27.6 Å². The molecule has 0 radical (unpaired) electrons. The molecule has 0 saturated carbocycles. The third kappa shape index (κ3) is 3.12. The van der Waals surface area contributed by atoms with E-state index in [4.69, 9.17) is 0 Å². The lowest BCUT2D eigenvalue weighted by Gasteiger charge is -2.19. The van der Waals surface area contributed by atoms with Crippen molar-refractivity contribution in [3.8, 4) is 0 Å². The molecule has 0 aliphatic heterocycles. The summed E-state index contributed by atoms with van der Waals surface area (Å²) < 4.78 is 27.1. The molecule has 4 aromatic rings. The first-order valence-electron chi connectivity index (χ1n) is 8.50. The van der Waals surface area contributed by atoms with Gasteiger partial charge in [0.25, 0.3) is 5.91 Å². The zero-order chi connectivity index (χ0) is 19.0. The van der Waals surface area contributed by atoms with Gasteiger partial charge in [-0.2, -0.15) is 0 Å². The van der Waals surface area contributed by atoms with Crippen molar-refractivity contribution in [3.63, 3.8) is 0 Å². The number of amides is 1. The van der Waals surface area contributed by atoms with Gasteiger partial charge in [0.1, 0.15) is 11.6 Å². The number of nitrogens with zero attached hydrogens (tertiary/aromatic N) is 2. The molecule has 134 valence electrons. The Bertz CT molecular complexity index is 1170. The molecular weight excluding hydrogens is 346 g/mol. The smallest absolute Gasteiger partial charge is 0.256 e. The van der Waals surface area contributed by atoms with E-state index in [0.29, 0.717) is 11.1 Å². The molecule has 0 unspecified atom stereocenters. The molecule has 5 heteroatoms. The molecule has 0 aliphatic carbocycles. The Morgan fingerprint density at radius 1 is 1.00 bits per heavy atom. The molecule has 3 nitrogen and oxygen atoms in total. The van der Waals surface area contributed by atoms with Crippen LogP contribution in [0, 0.1) is 11.6 Å². The van der Waals surface area contributed by atoms with Crippen LogP contribution in [0.25, 0.3) is 21.7 Å². The van der Waals surface area contributed by atoms with Gasteiger partial charge in [-0.3, -0.25) is 9.78 Å². The van der Waals surface area contributed by atoms with Gasteiger partial charge in [-0.1, -0.05) is 36.4 Å². The Hall–Kier alpha value is -3.34. The zero-order valence-electron chi connectivity index (χ0n) is 14.6. The van der Waals surface area contributed by atoms with Gasteiger partial charge in [-0.15, -0.1) is 0 Å². The van der Waals surface area contributed by atoms with Crippen LogP contribution in [0.15, 0.2) is 66.9 Å². The maximum Gasteiger partial charge on any atom is 0.256 e. The van der Waals surface area contributed by atoms with Crippen LogP contribution in [-0.2, 0) is 6.54 Å². The van der Waals surface area contributed by atoms with Crippen molar-refractivity contribution in [1.82, 2.24) is 9.88 Å². The summed E-state index contributed by atoms with van der Waals surface area (Å²) in [4.78, 5) is 18.9. The highest BCUT2D eigenvalue weighted by Gasteiger charge is 2.19. The van der Waals surface area contributed by atoms with Crippen LogP contribution in [0.1, 0.15) is 15.9 Å². The molecule has 0 aliphatic rings. The molecule has 0 N–H and O–H groups in total. The predicted octanol–water partition coefficient (Wildman–Crippen LogP) is 4.94. The van der Waals surface area contributed by atoms with Gasteiger partial charge in [0.05, 0.1) is 11.1 Å². The van der Waals surface area contributed by atoms with Crippen molar-refractivity contribution in [1.29, 1.82) is 0 Å². The average molecular weight is 362 g/mol. The first-order valence-corrected chi connectivity index (χ1v) is 8.50. The summed E-state index contributed by atoms with van der Waals surface area (Å²) in [5.41, 5.74) is 1.31. The lowest BCUT2D eigenvalue weighted by Crippen LogP contribution is -2.27. The third-order valence-corrected chi connectivity index (χ3v) is 4.61. The maximum atomic E-state index is 13.9. The number of hydrogen-bond acceptors (Lipinski definition) is 2. The molecule has 0 bridgehead atoms. The van der Waals surface area contributed by atoms with Crippen LogP contribution in [0.5, 0.6) is 0 Å². The highest BCUT2D eigenvalue weighted by atomic mass is 19.1.